The van der Waals surface area contributed by atoms with Gasteiger partial charge in [0.1, 0.15) is 11.5 Å². The van der Waals surface area contributed by atoms with E-state index in [1.54, 1.807) is 30.3 Å². The Kier molecular flexibility index (Phi) is 6.46. The van der Waals surface area contributed by atoms with Gasteiger partial charge in [0.15, 0.2) is 0 Å². The van der Waals surface area contributed by atoms with E-state index in [-0.39, 0.29) is 16.8 Å². The van der Waals surface area contributed by atoms with Crippen molar-refractivity contribution in [1.82, 2.24) is 0 Å². The number of rotatable bonds is 4. The highest BCUT2D eigenvalue weighted by Crippen LogP contribution is 2.43. The SMILES string of the molecule is COc1ccc(/C(O)=C2/C(=O)C(=O)N(c3ccc(C(F)(F)F)cc3)C2c2cccc(C)c2)cc1Br. The Bertz CT molecular complexity index is 1350. The lowest BCUT2D eigenvalue weighted by Crippen LogP contribution is -2.29. The van der Waals surface area contributed by atoms with E-state index in [0.29, 0.717) is 15.8 Å². The maximum Gasteiger partial charge on any atom is 0.416 e. The van der Waals surface area contributed by atoms with Crippen LogP contribution in [-0.2, 0) is 15.8 Å². The van der Waals surface area contributed by atoms with Gasteiger partial charge in [0.2, 0.25) is 0 Å². The third kappa shape index (κ3) is 4.55. The van der Waals surface area contributed by atoms with E-state index in [0.717, 1.165) is 34.7 Å². The first-order chi connectivity index (χ1) is 16.5. The van der Waals surface area contributed by atoms with Crippen LogP contribution in [0.3, 0.4) is 0 Å². The summed E-state index contributed by atoms with van der Waals surface area (Å²) in [5.74, 6) is -1.80. The van der Waals surface area contributed by atoms with Crippen LogP contribution in [0.5, 0.6) is 5.75 Å². The number of Topliss-reactive ketones (excluding diaryl/α,β-unsaturated/α-hetero) is 1. The summed E-state index contributed by atoms with van der Waals surface area (Å²) in [7, 11) is 1.48. The van der Waals surface area contributed by atoms with Crippen molar-refractivity contribution in [2.45, 2.75) is 19.1 Å². The molecule has 0 aromatic heterocycles. The van der Waals surface area contributed by atoms with Gasteiger partial charge < -0.3 is 9.84 Å². The van der Waals surface area contributed by atoms with Crippen molar-refractivity contribution in [3.63, 3.8) is 0 Å². The first-order valence-corrected chi connectivity index (χ1v) is 11.2. The zero-order valence-corrected chi connectivity index (χ0v) is 20.1. The normalized spacial score (nSPS) is 17.7. The second kappa shape index (κ2) is 9.22. The summed E-state index contributed by atoms with van der Waals surface area (Å²) in [6, 6.07) is 14.6. The number of alkyl halides is 3. The maximum atomic E-state index is 13.2. The van der Waals surface area contributed by atoms with Gasteiger partial charge in [0.05, 0.1) is 28.8 Å². The molecule has 35 heavy (non-hydrogen) atoms. The Balaban J connectivity index is 1.91. The van der Waals surface area contributed by atoms with Crippen molar-refractivity contribution >= 4 is 39.1 Å². The predicted octanol–water partition coefficient (Wildman–Crippen LogP) is 6.41. The highest BCUT2D eigenvalue weighted by molar-refractivity contribution is 9.10. The quantitative estimate of drug-likeness (QED) is 0.233. The zero-order chi connectivity index (χ0) is 25.5. The van der Waals surface area contributed by atoms with Crippen LogP contribution < -0.4 is 9.64 Å². The average molecular weight is 546 g/mol. The molecule has 0 saturated carbocycles. The van der Waals surface area contributed by atoms with E-state index in [1.165, 1.54) is 13.2 Å². The van der Waals surface area contributed by atoms with Gasteiger partial charge in [-0.1, -0.05) is 29.8 Å². The standard InChI is InChI=1S/C26H19BrF3NO4/c1-14-4-3-5-15(12-14)22-21(23(32)16-6-11-20(35-2)19(27)13-16)24(33)25(34)31(22)18-9-7-17(8-10-18)26(28,29)30/h3-13,22,32H,1-2H3/b23-21-. The van der Waals surface area contributed by atoms with E-state index < -0.39 is 35.2 Å². The predicted molar refractivity (Wildman–Crippen MR) is 128 cm³/mol. The molecule has 1 atom stereocenters. The van der Waals surface area contributed by atoms with Crippen molar-refractivity contribution < 1.29 is 32.6 Å². The molecule has 1 aliphatic rings. The van der Waals surface area contributed by atoms with E-state index in [4.69, 9.17) is 4.74 Å². The molecule has 1 aliphatic heterocycles. The molecule has 180 valence electrons. The highest BCUT2D eigenvalue weighted by Gasteiger charge is 2.47. The average Bonchev–Trinajstić information content (AvgIpc) is 3.08. The van der Waals surface area contributed by atoms with Crippen LogP contribution in [0.2, 0.25) is 0 Å². The molecule has 1 fully saturated rings. The lowest BCUT2D eigenvalue weighted by atomic mass is 9.94. The Labute approximate surface area is 207 Å². The number of carbonyl (C=O) groups excluding carboxylic acids is 2. The Hall–Kier alpha value is -3.59. The number of ketones is 1. The second-order valence-electron chi connectivity index (χ2n) is 7.98. The number of nitrogens with zero attached hydrogens (tertiary/aromatic N) is 1. The van der Waals surface area contributed by atoms with E-state index >= 15 is 0 Å². The Morgan fingerprint density at radius 3 is 2.29 bits per heavy atom. The molecule has 3 aromatic rings. The largest absolute Gasteiger partial charge is 0.507 e. The summed E-state index contributed by atoms with van der Waals surface area (Å²) in [6.45, 7) is 1.83. The molecule has 9 heteroatoms. The number of ether oxygens (including phenoxy) is 1. The number of benzene rings is 3. The molecule has 5 nitrogen and oxygen atoms in total. The number of hydrogen-bond donors (Lipinski definition) is 1. The number of aliphatic hydroxyl groups is 1. The zero-order valence-electron chi connectivity index (χ0n) is 18.6. The summed E-state index contributed by atoms with van der Waals surface area (Å²) in [6.07, 6.45) is -4.55. The fraction of sp³-hybridized carbons (Fsp3) is 0.154. The molecule has 1 unspecified atom stereocenters. The lowest BCUT2D eigenvalue weighted by molar-refractivity contribution is -0.137. The van der Waals surface area contributed by atoms with Crippen molar-refractivity contribution in [3.8, 4) is 5.75 Å². The summed E-state index contributed by atoms with van der Waals surface area (Å²) < 4.78 is 45.0. The summed E-state index contributed by atoms with van der Waals surface area (Å²) in [5, 5.41) is 11.2. The van der Waals surface area contributed by atoms with Crippen molar-refractivity contribution in [2.24, 2.45) is 0 Å². The molecule has 0 spiro atoms. The molecule has 0 radical (unpaired) electrons. The molecule has 0 bridgehead atoms. The minimum Gasteiger partial charge on any atom is -0.507 e. The fourth-order valence-corrected chi connectivity index (χ4v) is 4.58. The number of halogens is 4. The lowest BCUT2D eigenvalue weighted by Gasteiger charge is -2.26. The molecule has 3 aromatic carbocycles. The molecule has 1 saturated heterocycles. The van der Waals surface area contributed by atoms with Crippen LogP contribution in [0, 0.1) is 6.92 Å². The van der Waals surface area contributed by atoms with E-state index in [2.05, 4.69) is 15.9 Å². The van der Waals surface area contributed by atoms with E-state index in [1.807, 2.05) is 13.0 Å². The highest BCUT2D eigenvalue weighted by atomic mass is 79.9. The third-order valence-corrected chi connectivity index (χ3v) is 6.32. The van der Waals surface area contributed by atoms with Gasteiger partial charge in [-0.15, -0.1) is 0 Å². The molecule has 1 heterocycles. The maximum absolute atomic E-state index is 13.2. The van der Waals surface area contributed by atoms with Gasteiger partial charge in [-0.2, -0.15) is 13.2 Å². The van der Waals surface area contributed by atoms with Crippen LogP contribution >= 0.6 is 15.9 Å². The number of methoxy groups -OCH3 is 1. The van der Waals surface area contributed by atoms with Gasteiger partial charge in [-0.05, 0) is 70.9 Å². The first-order valence-electron chi connectivity index (χ1n) is 10.4. The van der Waals surface area contributed by atoms with Crippen molar-refractivity contribution in [2.75, 3.05) is 12.0 Å². The van der Waals surface area contributed by atoms with Crippen LogP contribution in [0.25, 0.3) is 5.76 Å². The van der Waals surface area contributed by atoms with Crippen molar-refractivity contribution in [1.29, 1.82) is 0 Å². The first kappa shape index (κ1) is 24.5. The van der Waals surface area contributed by atoms with E-state index in [9.17, 15) is 27.9 Å². The van der Waals surface area contributed by atoms with Gasteiger partial charge in [0, 0.05) is 11.3 Å². The summed E-state index contributed by atoms with van der Waals surface area (Å²) in [4.78, 5) is 27.4. The molecule has 0 aliphatic carbocycles. The topological polar surface area (TPSA) is 66.8 Å². The Morgan fingerprint density at radius 2 is 1.71 bits per heavy atom. The molecule has 1 amide bonds. The van der Waals surface area contributed by atoms with Gasteiger partial charge in [-0.3, -0.25) is 14.5 Å². The van der Waals surface area contributed by atoms with Crippen LogP contribution in [0.15, 0.2) is 76.8 Å². The number of aliphatic hydroxyl groups excluding tert-OH is 1. The number of anilines is 1. The second-order valence-corrected chi connectivity index (χ2v) is 8.83. The summed E-state index contributed by atoms with van der Waals surface area (Å²) >= 11 is 3.34. The van der Waals surface area contributed by atoms with Gasteiger partial charge in [-0.25, -0.2) is 0 Å². The number of carbonyl (C=O) groups is 2. The molecular formula is C26H19BrF3NO4. The third-order valence-electron chi connectivity index (χ3n) is 5.70. The van der Waals surface area contributed by atoms with Crippen molar-refractivity contribution in [3.05, 3.63) is 99.0 Å². The number of amides is 1. The smallest absolute Gasteiger partial charge is 0.416 e. The number of hydrogen-bond acceptors (Lipinski definition) is 4. The minimum absolute atomic E-state index is 0.0987. The van der Waals surface area contributed by atoms with Crippen LogP contribution in [0.4, 0.5) is 18.9 Å². The summed E-state index contributed by atoms with van der Waals surface area (Å²) in [5.41, 5.74) is 0.679. The van der Waals surface area contributed by atoms with Crippen LogP contribution in [-0.4, -0.2) is 23.9 Å². The van der Waals surface area contributed by atoms with Crippen LogP contribution in [0.1, 0.15) is 28.3 Å². The minimum atomic E-state index is -4.55. The molecular weight excluding hydrogens is 527 g/mol. The molecule has 1 N–H and O–H groups in total. The Morgan fingerprint density at radius 1 is 1.03 bits per heavy atom. The monoisotopic (exact) mass is 545 g/mol. The fourth-order valence-electron chi connectivity index (χ4n) is 4.03. The van der Waals surface area contributed by atoms with Gasteiger partial charge >= 0.3 is 6.18 Å². The number of aryl methyl sites for hydroxylation is 1. The van der Waals surface area contributed by atoms with Gasteiger partial charge in [0.25, 0.3) is 11.7 Å². The molecule has 4 rings (SSSR count).